The number of rotatable bonds is 9. The molecule has 1 heterocycles. The molecule has 182 valence electrons. The van der Waals surface area contributed by atoms with E-state index < -0.39 is 17.7 Å². The van der Waals surface area contributed by atoms with Gasteiger partial charge in [0, 0.05) is 16.6 Å². The Morgan fingerprint density at radius 3 is 2.53 bits per heavy atom. The fourth-order valence-corrected chi connectivity index (χ4v) is 4.51. The van der Waals surface area contributed by atoms with Gasteiger partial charge < -0.3 is 19.6 Å². The number of aliphatic hydroxyl groups is 1. The number of carbonyl (C=O) groups excluding carboxylic acids is 2. The van der Waals surface area contributed by atoms with Gasteiger partial charge in [0.1, 0.15) is 11.5 Å². The fraction of sp³-hybridized carbons (Fsp3) is 0.407. The highest BCUT2D eigenvalue weighted by atomic mass is 79.9. The average Bonchev–Trinajstić information content (AvgIpc) is 3.02. The van der Waals surface area contributed by atoms with Gasteiger partial charge in [0.05, 0.1) is 18.2 Å². The number of ether oxygens (including phenoxy) is 1. The van der Waals surface area contributed by atoms with Crippen molar-refractivity contribution in [2.45, 2.75) is 33.2 Å². The second kappa shape index (κ2) is 11.2. The van der Waals surface area contributed by atoms with Gasteiger partial charge in [-0.2, -0.15) is 0 Å². The summed E-state index contributed by atoms with van der Waals surface area (Å²) in [6, 6.07) is 12.2. The minimum atomic E-state index is -0.660. The average molecular weight is 529 g/mol. The van der Waals surface area contributed by atoms with Crippen LogP contribution in [0.5, 0.6) is 5.75 Å². The molecule has 0 aliphatic carbocycles. The van der Waals surface area contributed by atoms with Crippen molar-refractivity contribution >= 4 is 33.4 Å². The molecule has 0 radical (unpaired) electrons. The van der Waals surface area contributed by atoms with Gasteiger partial charge in [-0.25, -0.2) is 0 Å². The quantitative estimate of drug-likeness (QED) is 0.276. The highest BCUT2D eigenvalue weighted by Crippen LogP contribution is 2.40. The molecule has 0 spiro atoms. The topological polar surface area (TPSA) is 70.1 Å². The van der Waals surface area contributed by atoms with E-state index in [4.69, 9.17) is 4.74 Å². The second-order valence-corrected chi connectivity index (χ2v) is 10.3. The third-order valence-electron chi connectivity index (χ3n) is 5.75. The summed E-state index contributed by atoms with van der Waals surface area (Å²) < 4.78 is 6.63. The zero-order valence-corrected chi connectivity index (χ0v) is 22.1. The van der Waals surface area contributed by atoms with Gasteiger partial charge in [0.15, 0.2) is 0 Å². The summed E-state index contributed by atoms with van der Waals surface area (Å²) in [7, 11) is 3.94. The Labute approximate surface area is 210 Å². The number of hydrogen-bond acceptors (Lipinski definition) is 5. The van der Waals surface area contributed by atoms with Crippen molar-refractivity contribution in [3.63, 3.8) is 0 Å². The Hall–Kier alpha value is -2.64. The maximum absolute atomic E-state index is 13.2. The van der Waals surface area contributed by atoms with E-state index in [1.54, 1.807) is 17.0 Å². The number of aliphatic hydroxyl groups excluding tert-OH is 1. The highest BCUT2D eigenvalue weighted by Gasteiger charge is 2.46. The molecule has 0 saturated carbocycles. The van der Waals surface area contributed by atoms with Crippen molar-refractivity contribution in [1.82, 2.24) is 9.80 Å². The monoisotopic (exact) mass is 528 g/mol. The van der Waals surface area contributed by atoms with Crippen LogP contribution in [-0.2, 0) is 9.59 Å². The molecule has 0 bridgehead atoms. The third kappa shape index (κ3) is 5.88. The molecule has 1 N–H and O–H groups in total. The first kappa shape index (κ1) is 26.0. The molecule has 2 aromatic rings. The van der Waals surface area contributed by atoms with Gasteiger partial charge in [0.25, 0.3) is 11.7 Å². The van der Waals surface area contributed by atoms with E-state index in [0.717, 1.165) is 22.1 Å². The fourth-order valence-electron chi connectivity index (χ4n) is 4.09. The Bertz CT molecular complexity index is 1090. The molecule has 1 saturated heterocycles. The molecule has 6 nitrogen and oxygen atoms in total. The molecule has 0 unspecified atom stereocenters. The molecule has 1 atom stereocenters. The number of likely N-dealkylation sites (tertiary alicyclic amines) is 1. The maximum Gasteiger partial charge on any atom is 0.295 e. The molecule has 1 aliphatic heterocycles. The zero-order chi connectivity index (χ0) is 25.0. The number of benzene rings is 2. The van der Waals surface area contributed by atoms with Crippen molar-refractivity contribution in [1.29, 1.82) is 0 Å². The van der Waals surface area contributed by atoms with Crippen LogP contribution in [0, 0.1) is 12.8 Å². The highest BCUT2D eigenvalue weighted by molar-refractivity contribution is 9.10. The summed E-state index contributed by atoms with van der Waals surface area (Å²) in [6.45, 7) is 7.80. The molecule has 1 amide bonds. The number of aryl methyl sites for hydroxylation is 1. The van der Waals surface area contributed by atoms with Crippen LogP contribution in [0.2, 0.25) is 0 Å². The number of nitrogens with zero attached hydrogens (tertiary/aromatic N) is 2. The Balaban J connectivity index is 2.05. The van der Waals surface area contributed by atoms with Crippen LogP contribution in [0.25, 0.3) is 5.76 Å². The van der Waals surface area contributed by atoms with E-state index in [1.165, 1.54) is 0 Å². The lowest BCUT2D eigenvalue weighted by Crippen LogP contribution is -2.32. The molecule has 1 fully saturated rings. The summed E-state index contributed by atoms with van der Waals surface area (Å²) in [6.07, 6.45) is 0.714. The van der Waals surface area contributed by atoms with E-state index in [9.17, 15) is 14.7 Å². The number of carbonyl (C=O) groups is 2. The molecular weight excluding hydrogens is 496 g/mol. The van der Waals surface area contributed by atoms with Gasteiger partial charge in [-0.3, -0.25) is 9.59 Å². The lowest BCUT2D eigenvalue weighted by atomic mass is 9.94. The van der Waals surface area contributed by atoms with Crippen molar-refractivity contribution in [3.05, 3.63) is 69.2 Å². The molecule has 3 rings (SSSR count). The maximum atomic E-state index is 13.2. The van der Waals surface area contributed by atoms with Crippen molar-refractivity contribution < 1.29 is 19.4 Å². The minimum Gasteiger partial charge on any atom is -0.507 e. The number of Topliss-reactive ketones (excluding diaryl/α,β-unsaturated/α-hetero) is 1. The molecule has 0 aromatic heterocycles. The Kier molecular flexibility index (Phi) is 8.55. The minimum absolute atomic E-state index is 0.118. The number of ketones is 1. The van der Waals surface area contributed by atoms with E-state index >= 15 is 0 Å². The largest absolute Gasteiger partial charge is 0.507 e. The predicted octanol–water partition coefficient (Wildman–Crippen LogP) is 5.17. The summed E-state index contributed by atoms with van der Waals surface area (Å²) in [4.78, 5) is 29.9. The summed E-state index contributed by atoms with van der Waals surface area (Å²) in [5.74, 6) is -0.310. The van der Waals surface area contributed by atoms with Crippen LogP contribution in [0.15, 0.2) is 52.5 Å². The molecular formula is C27H33BrN2O4. The van der Waals surface area contributed by atoms with Crippen molar-refractivity contribution in [3.8, 4) is 5.75 Å². The standard InChI is InChI=1S/C27H33BrN2O4/c1-17(2)16-34-21-10-11-22(18(3)14-21)25(31)23-24(19-8-6-9-20(28)15-19)30(27(33)26(23)32)13-7-12-29(4)5/h6,8-11,14-15,17,24,31H,7,12-13,16H2,1-5H3/t24-/m1/s1. The second-order valence-electron chi connectivity index (χ2n) is 9.39. The van der Waals surface area contributed by atoms with Crippen LogP contribution in [0.1, 0.15) is 43.0 Å². The summed E-state index contributed by atoms with van der Waals surface area (Å²) in [5, 5.41) is 11.3. The van der Waals surface area contributed by atoms with E-state index in [0.29, 0.717) is 36.8 Å². The smallest absolute Gasteiger partial charge is 0.295 e. The normalized spacial score (nSPS) is 17.8. The van der Waals surface area contributed by atoms with Crippen molar-refractivity contribution in [2.24, 2.45) is 5.92 Å². The SMILES string of the molecule is Cc1cc(OCC(C)C)ccc1C(O)=C1C(=O)C(=O)N(CCCN(C)C)[C@@H]1c1cccc(Br)c1. The third-order valence-corrected chi connectivity index (χ3v) is 6.24. The van der Waals surface area contributed by atoms with Gasteiger partial charge in [-0.1, -0.05) is 41.9 Å². The van der Waals surface area contributed by atoms with E-state index in [1.807, 2.05) is 56.3 Å². The molecule has 7 heteroatoms. The Morgan fingerprint density at radius 2 is 1.91 bits per heavy atom. The first-order valence-corrected chi connectivity index (χ1v) is 12.3. The molecule has 34 heavy (non-hydrogen) atoms. The van der Waals surface area contributed by atoms with Gasteiger partial charge in [-0.05, 0) is 81.4 Å². The number of hydrogen-bond donors (Lipinski definition) is 1. The lowest BCUT2D eigenvalue weighted by molar-refractivity contribution is -0.139. The first-order valence-electron chi connectivity index (χ1n) is 11.5. The summed E-state index contributed by atoms with van der Waals surface area (Å²) >= 11 is 3.49. The lowest BCUT2D eigenvalue weighted by Gasteiger charge is -2.26. The van der Waals surface area contributed by atoms with Gasteiger partial charge >= 0.3 is 0 Å². The summed E-state index contributed by atoms with van der Waals surface area (Å²) in [5.41, 5.74) is 2.18. The van der Waals surface area contributed by atoms with Crippen molar-refractivity contribution in [2.75, 3.05) is 33.8 Å². The van der Waals surface area contributed by atoms with Crippen LogP contribution in [0.4, 0.5) is 0 Å². The van der Waals surface area contributed by atoms with E-state index in [2.05, 4.69) is 29.8 Å². The predicted molar refractivity (Wildman–Crippen MR) is 138 cm³/mol. The van der Waals surface area contributed by atoms with E-state index in [-0.39, 0.29) is 11.3 Å². The first-order chi connectivity index (χ1) is 16.1. The molecule has 1 aliphatic rings. The van der Waals surface area contributed by atoms with Crippen LogP contribution >= 0.6 is 15.9 Å². The van der Waals surface area contributed by atoms with Crippen LogP contribution in [-0.4, -0.2) is 60.4 Å². The number of halogens is 1. The molecule has 2 aromatic carbocycles. The van der Waals surface area contributed by atoms with Crippen LogP contribution in [0.3, 0.4) is 0 Å². The number of amides is 1. The Morgan fingerprint density at radius 1 is 1.18 bits per heavy atom. The van der Waals surface area contributed by atoms with Gasteiger partial charge in [-0.15, -0.1) is 0 Å². The van der Waals surface area contributed by atoms with Crippen LogP contribution < -0.4 is 4.74 Å². The zero-order valence-electron chi connectivity index (χ0n) is 20.5. The van der Waals surface area contributed by atoms with Gasteiger partial charge in [0.2, 0.25) is 0 Å².